The molecule has 0 bridgehead atoms. The smallest absolute Gasteiger partial charge is 0.256 e. The maximum Gasteiger partial charge on any atom is 0.256 e. The van der Waals surface area contributed by atoms with Crippen LogP contribution in [0.15, 0.2) is 88.7 Å². The number of sulfone groups is 1. The van der Waals surface area contributed by atoms with E-state index in [1.54, 1.807) is 59.2 Å². The Hall–Kier alpha value is -4.04. The van der Waals surface area contributed by atoms with Gasteiger partial charge in [-0.25, -0.2) is 18.4 Å². The summed E-state index contributed by atoms with van der Waals surface area (Å²) in [7, 11) is -4.06. The van der Waals surface area contributed by atoms with Crippen LogP contribution in [0.2, 0.25) is 0 Å². The fraction of sp³-hybridized carbons (Fsp3) is 0.207. The van der Waals surface area contributed by atoms with Crippen molar-refractivity contribution in [1.82, 2.24) is 14.5 Å². The quantitative estimate of drug-likeness (QED) is 0.251. The van der Waals surface area contributed by atoms with E-state index in [0.29, 0.717) is 28.8 Å². The molecule has 1 N–H and O–H groups in total. The maximum absolute atomic E-state index is 14.1. The number of hydrogen-bond acceptors (Lipinski definition) is 5. The minimum Gasteiger partial charge on any atom is -0.309 e. The van der Waals surface area contributed by atoms with Crippen LogP contribution in [0.3, 0.4) is 0 Å². The van der Waals surface area contributed by atoms with Crippen molar-refractivity contribution in [3.8, 4) is 0 Å². The molecule has 0 saturated carbocycles. The van der Waals surface area contributed by atoms with Crippen LogP contribution < -0.4 is 5.32 Å². The molecule has 8 heteroatoms. The molecule has 0 fully saturated rings. The summed E-state index contributed by atoms with van der Waals surface area (Å²) in [4.78, 5) is 23.0. The molecule has 0 radical (unpaired) electrons. The minimum atomic E-state index is -4.06. The molecule has 0 unspecified atom stereocenters. The molecular formula is C29H28N4O3S. The summed E-state index contributed by atoms with van der Waals surface area (Å²) >= 11 is 0. The normalized spacial score (nSPS) is 11.7. The Kier molecular flexibility index (Phi) is 6.76. The van der Waals surface area contributed by atoms with Crippen LogP contribution in [0.25, 0.3) is 22.2 Å². The van der Waals surface area contributed by atoms with E-state index in [1.807, 2.05) is 31.2 Å². The number of para-hydroxylation sites is 2. The molecular weight excluding hydrogens is 484 g/mol. The number of benzene rings is 3. The molecule has 2 aromatic heterocycles. The third-order valence-electron chi connectivity index (χ3n) is 6.36. The van der Waals surface area contributed by atoms with E-state index in [2.05, 4.69) is 12.2 Å². The van der Waals surface area contributed by atoms with E-state index in [1.165, 1.54) is 0 Å². The number of aromatic nitrogens is 3. The lowest BCUT2D eigenvalue weighted by molar-refractivity contribution is 0.102. The van der Waals surface area contributed by atoms with Gasteiger partial charge in [-0.2, -0.15) is 0 Å². The predicted molar refractivity (Wildman–Crippen MR) is 146 cm³/mol. The van der Waals surface area contributed by atoms with Gasteiger partial charge in [0.1, 0.15) is 16.2 Å². The average Bonchev–Trinajstić information content (AvgIpc) is 3.20. The second kappa shape index (κ2) is 10.1. The molecule has 0 saturated heterocycles. The summed E-state index contributed by atoms with van der Waals surface area (Å²) in [6.07, 6.45) is 2.74. The van der Waals surface area contributed by atoms with Gasteiger partial charge in [-0.05, 0) is 49.7 Å². The van der Waals surface area contributed by atoms with Crippen LogP contribution in [0.1, 0.15) is 42.1 Å². The molecule has 0 aliphatic heterocycles. The third kappa shape index (κ3) is 4.72. The van der Waals surface area contributed by atoms with Crippen molar-refractivity contribution in [2.24, 2.45) is 0 Å². The number of anilines is 1. The number of amides is 1. The monoisotopic (exact) mass is 512 g/mol. The first-order valence-corrected chi connectivity index (χ1v) is 13.9. The predicted octanol–water partition coefficient (Wildman–Crippen LogP) is 6.17. The van der Waals surface area contributed by atoms with Crippen LogP contribution in [0.4, 0.5) is 5.82 Å². The van der Waals surface area contributed by atoms with E-state index in [9.17, 15) is 13.2 Å². The van der Waals surface area contributed by atoms with Gasteiger partial charge in [0.25, 0.3) is 5.91 Å². The van der Waals surface area contributed by atoms with E-state index in [-0.39, 0.29) is 21.1 Å². The van der Waals surface area contributed by atoms with Gasteiger partial charge in [0.15, 0.2) is 5.65 Å². The second-order valence-electron chi connectivity index (χ2n) is 9.06. The molecule has 37 heavy (non-hydrogen) atoms. The number of hydrogen-bond donors (Lipinski definition) is 1. The zero-order chi connectivity index (χ0) is 26.0. The fourth-order valence-electron chi connectivity index (χ4n) is 4.39. The summed E-state index contributed by atoms with van der Waals surface area (Å²) in [5.74, 6) is -0.208. The fourth-order valence-corrected chi connectivity index (χ4v) is 5.93. The van der Waals surface area contributed by atoms with Crippen molar-refractivity contribution in [1.29, 1.82) is 0 Å². The first kappa shape index (κ1) is 24.6. The highest BCUT2D eigenvalue weighted by Gasteiger charge is 2.32. The molecule has 0 spiro atoms. The van der Waals surface area contributed by atoms with Crippen LogP contribution in [0, 0.1) is 6.92 Å². The van der Waals surface area contributed by atoms with Crippen molar-refractivity contribution in [2.75, 3.05) is 5.32 Å². The molecule has 1 amide bonds. The Balaban J connectivity index is 1.80. The summed E-state index contributed by atoms with van der Waals surface area (Å²) in [5.41, 5.74) is 3.30. The summed E-state index contributed by atoms with van der Waals surface area (Å²) in [6.45, 7) is 4.50. The molecule has 0 aliphatic rings. The number of nitrogens with zero attached hydrogens (tertiary/aromatic N) is 3. The lowest BCUT2D eigenvalue weighted by Crippen LogP contribution is -2.18. The van der Waals surface area contributed by atoms with Crippen LogP contribution >= 0.6 is 0 Å². The number of rotatable bonds is 8. The Labute approximate surface area is 216 Å². The topological polar surface area (TPSA) is 94.0 Å². The van der Waals surface area contributed by atoms with Gasteiger partial charge in [-0.15, -0.1) is 0 Å². The Morgan fingerprint density at radius 1 is 0.865 bits per heavy atom. The van der Waals surface area contributed by atoms with Gasteiger partial charge in [0, 0.05) is 12.1 Å². The summed E-state index contributed by atoms with van der Waals surface area (Å²) < 4.78 is 30.1. The van der Waals surface area contributed by atoms with Gasteiger partial charge < -0.3 is 9.88 Å². The SMILES string of the molecule is CCCCCn1c(NC(=O)c2ccccc2)c(S(=O)(=O)c2ccc(C)cc2)c2nc3ccccc3nc21. The number of unbranched alkanes of at least 4 members (excludes halogenated alkanes) is 2. The summed E-state index contributed by atoms with van der Waals surface area (Å²) in [5, 5.41) is 2.92. The van der Waals surface area contributed by atoms with Crippen molar-refractivity contribution >= 4 is 43.8 Å². The van der Waals surface area contributed by atoms with E-state index in [4.69, 9.17) is 9.97 Å². The molecule has 188 valence electrons. The molecule has 0 aliphatic carbocycles. The van der Waals surface area contributed by atoms with Crippen molar-refractivity contribution in [3.63, 3.8) is 0 Å². The van der Waals surface area contributed by atoms with Crippen molar-refractivity contribution < 1.29 is 13.2 Å². The van der Waals surface area contributed by atoms with Crippen LogP contribution in [-0.4, -0.2) is 28.9 Å². The van der Waals surface area contributed by atoms with E-state index >= 15 is 0 Å². The maximum atomic E-state index is 14.1. The van der Waals surface area contributed by atoms with E-state index < -0.39 is 15.7 Å². The van der Waals surface area contributed by atoms with Gasteiger partial charge in [0.2, 0.25) is 9.84 Å². The first-order valence-electron chi connectivity index (χ1n) is 12.4. The first-order chi connectivity index (χ1) is 17.9. The molecule has 3 aromatic carbocycles. The highest BCUT2D eigenvalue weighted by atomic mass is 32.2. The van der Waals surface area contributed by atoms with Gasteiger partial charge in [0.05, 0.1) is 15.9 Å². The number of aryl methyl sites for hydroxylation is 2. The van der Waals surface area contributed by atoms with Gasteiger partial charge in [-0.3, -0.25) is 4.79 Å². The molecule has 7 nitrogen and oxygen atoms in total. The van der Waals surface area contributed by atoms with Crippen LogP contribution in [-0.2, 0) is 16.4 Å². The second-order valence-corrected chi connectivity index (χ2v) is 10.9. The lowest BCUT2D eigenvalue weighted by Gasteiger charge is -2.13. The standard InChI is InChI=1S/C29H28N4O3S/c1-3-4-10-19-33-27-25(30-23-13-8-9-14-24(23)31-27)26(37(35,36)22-17-15-20(2)16-18-22)28(33)32-29(34)21-11-6-5-7-12-21/h5-9,11-18H,3-4,10,19H2,1-2H3,(H,32,34). The zero-order valence-electron chi connectivity index (χ0n) is 20.8. The highest BCUT2D eigenvalue weighted by molar-refractivity contribution is 7.92. The Bertz CT molecular complexity index is 1690. The largest absolute Gasteiger partial charge is 0.309 e. The number of fused-ring (bicyclic) bond motifs is 2. The number of nitrogens with one attached hydrogen (secondary N) is 1. The lowest BCUT2D eigenvalue weighted by atomic mass is 10.2. The molecule has 5 aromatic rings. The minimum absolute atomic E-state index is 0.0367. The average molecular weight is 513 g/mol. The number of carbonyl (C=O) groups is 1. The van der Waals surface area contributed by atoms with Crippen molar-refractivity contribution in [2.45, 2.75) is 49.4 Å². The van der Waals surface area contributed by atoms with Gasteiger partial charge >= 0.3 is 0 Å². The third-order valence-corrected chi connectivity index (χ3v) is 8.18. The van der Waals surface area contributed by atoms with E-state index in [0.717, 1.165) is 24.8 Å². The molecule has 0 atom stereocenters. The zero-order valence-corrected chi connectivity index (χ0v) is 21.6. The Morgan fingerprint density at radius 2 is 1.51 bits per heavy atom. The number of carbonyl (C=O) groups excluding carboxylic acids is 1. The molecule has 5 rings (SSSR count). The van der Waals surface area contributed by atoms with Crippen molar-refractivity contribution in [3.05, 3.63) is 90.0 Å². The van der Waals surface area contributed by atoms with Crippen LogP contribution in [0.5, 0.6) is 0 Å². The highest BCUT2D eigenvalue weighted by Crippen LogP contribution is 2.37. The summed E-state index contributed by atoms with van der Waals surface area (Å²) in [6, 6.07) is 22.8. The Morgan fingerprint density at radius 3 is 2.19 bits per heavy atom. The van der Waals surface area contributed by atoms with Gasteiger partial charge in [-0.1, -0.05) is 67.8 Å². The molecule has 2 heterocycles.